The Morgan fingerprint density at radius 3 is 2.42 bits per heavy atom. The Kier molecular flexibility index (Phi) is 8.59. The molecule has 1 unspecified atom stereocenters. The number of methoxy groups -OCH3 is 1. The van der Waals surface area contributed by atoms with E-state index >= 15 is 0 Å². The number of hydrogen-bond acceptors (Lipinski definition) is 5. The number of nitrogens with zero attached hydrogens (tertiary/aromatic N) is 1. The number of benzene rings is 2. The number of likely N-dealkylation sites (tertiary alicyclic amines) is 1. The van der Waals surface area contributed by atoms with E-state index in [4.69, 9.17) is 14.2 Å². The minimum atomic E-state index is -0.110. The Hall–Kier alpha value is -2.73. The van der Waals surface area contributed by atoms with Crippen molar-refractivity contribution in [1.82, 2.24) is 10.2 Å². The van der Waals surface area contributed by atoms with E-state index in [2.05, 4.69) is 29.3 Å². The van der Waals surface area contributed by atoms with Gasteiger partial charge in [-0.15, -0.1) is 0 Å². The Bertz CT molecular complexity index is 832. The van der Waals surface area contributed by atoms with Gasteiger partial charge in [-0.05, 0) is 75.2 Å². The monoisotopic (exact) mass is 426 g/mol. The molecule has 0 aliphatic carbocycles. The largest absolute Gasteiger partial charge is 0.497 e. The topological polar surface area (TPSA) is 60.0 Å². The summed E-state index contributed by atoms with van der Waals surface area (Å²) in [4.78, 5) is 15.4. The fourth-order valence-electron chi connectivity index (χ4n) is 3.88. The standard InChI is InChI=1S/C25H34N2O4/c1-4-16-31-23-13-10-20(17-24(23)30-5-2)25(28)26-18-22(27-14-6-7-15-27)19-8-11-21(29-3)12-9-19/h8-13,17,22H,4-7,14-16,18H2,1-3H3,(H,26,28). The molecule has 0 bridgehead atoms. The first-order valence-electron chi connectivity index (χ1n) is 11.2. The summed E-state index contributed by atoms with van der Waals surface area (Å²) in [5, 5.41) is 3.13. The number of rotatable bonds is 11. The number of hydrogen-bond donors (Lipinski definition) is 1. The highest BCUT2D eigenvalue weighted by Crippen LogP contribution is 2.29. The molecule has 0 radical (unpaired) electrons. The minimum Gasteiger partial charge on any atom is -0.497 e. The van der Waals surface area contributed by atoms with Crippen LogP contribution in [-0.2, 0) is 0 Å². The van der Waals surface area contributed by atoms with E-state index in [9.17, 15) is 4.79 Å². The van der Waals surface area contributed by atoms with Crippen molar-refractivity contribution >= 4 is 5.91 Å². The van der Waals surface area contributed by atoms with Crippen LogP contribution in [0.25, 0.3) is 0 Å². The molecule has 0 spiro atoms. The van der Waals surface area contributed by atoms with Crippen molar-refractivity contribution in [1.29, 1.82) is 0 Å². The van der Waals surface area contributed by atoms with Gasteiger partial charge in [-0.1, -0.05) is 19.1 Å². The van der Waals surface area contributed by atoms with Gasteiger partial charge in [0.1, 0.15) is 5.75 Å². The molecule has 2 aromatic rings. The number of ether oxygens (including phenoxy) is 3. The average Bonchev–Trinajstić information content (AvgIpc) is 3.33. The summed E-state index contributed by atoms with van der Waals surface area (Å²) in [6.45, 7) is 7.75. The van der Waals surface area contributed by atoms with E-state index in [-0.39, 0.29) is 11.9 Å². The molecule has 1 aliphatic heterocycles. The fraction of sp³-hybridized carbons (Fsp3) is 0.480. The normalized spacial score (nSPS) is 14.8. The second-order valence-electron chi connectivity index (χ2n) is 7.69. The number of amides is 1. The molecule has 6 nitrogen and oxygen atoms in total. The Labute approximate surface area is 185 Å². The predicted molar refractivity (Wildman–Crippen MR) is 122 cm³/mol. The molecule has 6 heteroatoms. The molecular formula is C25H34N2O4. The highest BCUT2D eigenvalue weighted by atomic mass is 16.5. The zero-order valence-corrected chi connectivity index (χ0v) is 18.9. The van der Waals surface area contributed by atoms with E-state index in [1.165, 1.54) is 18.4 Å². The molecule has 1 heterocycles. The van der Waals surface area contributed by atoms with Crippen LogP contribution < -0.4 is 19.5 Å². The quantitative estimate of drug-likeness (QED) is 0.575. The van der Waals surface area contributed by atoms with Gasteiger partial charge in [0.15, 0.2) is 11.5 Å². The van der Waals surface area contributed by atoms with Crippen LogP contribution in [0.5, 0.6) is 17.2 Å². The van der Waals surface area contributed by atoms with Gasteiger partial charge >= 0.3 is 0 Å². The number of carbonyl (C=O) groups excluding carboxylic acids is 1. The summed E-state index contributed by atoms with van der Waals surface area (Å²) in [7, 11) is 1.67. The molecule has 1 fully saturated rings. The van der Waals surface area contributed by atoms with Crippen molar-refractivity contribution in [2.45, 2.75) is 39.2 Å². The number of carbonyl (C=O) groups is 1. The maximum Gasteiger partial charge on any atom is 0.251 e. The van der Waals surface area contributed by atoms with Crippen LogP contribution in [0.4, 0.5) is 0 Å². The first kappa shape index (κ1) is 22.9. The summed E-state index contributed by atoms with van der Waals surface area (Å²) in [5.74, 6) is 2.01. The highest BCUT2D eigenvalue weighted by Gasteiger charge is 2.24. The van der Waals surface area contributed by atoms with Crippen molar-refractivity contribution in [3.05, 3.63) is 53.6 Å². The Morgan fingerprint density at radius 2 is 1.77 bits per heavy atom. The molecule has 168 valence electrons. The lowest BCUT2D eigenvalue weighted by Crippen LogP contribution is -2.36. The van der Waals surface area contributed by atoms with Gasteiger partial charge in [0.2, 0.25) is 0 Å². The van der Waals surface area contributed by atoms with Crippen LogP contribution in [0.2, 0.25) is 0 Å². The molecule has 0 aromatic heterocycles. The third-order valence-corrected chi connectivity index (χ3v) is 5.51. The average molecular weight is 427 g/mol. The third-order valence-electron chi connectivity index (χ3n) is 5.51. The van der Waals surface area contributed by atoms with Crippen molar-refractivity contribution in [2.24, 2.45) is 0 Å². The molecule has 1 atom stereocenters. The van der Waals surface area contributed by atoms with Gasteiger partial charge in [-0.3, -0.25) is 9.69 Å². The lowest BCUT2D eigenvalue weighted by molar-refractivity contribution is 0.0937. The van der Waals surface area contributed by atoms with Crippen LogP contribution in [0.3, 0.4) is 0 Å². The molecule has 1 amide bonds. The van der Waals surface area contributed by atoms with Crippen LogP contribution in [-0.4, -0.2) is 50.8 Å². The summed E-state index contributed by atoms with van der Waals surface area (Å²) in [6, 6.07) is 13.6. The van der Waals surface area contributed by atoms with Gasteiger partial charge in [-0.25, -0.2) is 0 Å². The van der Waals surface area contributed by atoms with Crippen molar-refractivity contribution in [3.63, 3.8) is 0 Å². The smallest absolute Gasteiger partial charge is 0.251 e. The van der Waals surface area contributed by atoms with E-state index in [0.29, 0.717) is 36.8 Å². The van der Waals surface area contributed by atoms with Crippen LogP contribution in [0.1, 0.15) is 55.1 Å². The van der Waals surface area contributed by atoms with Crippen LogP contribution in [0.15, 0.2) is 42.5 Å². The zero-order valence-electron chi connectivity index (χ0n) is 18.9. The van der Waals surface area contributed by atoms with E-state index in [1.54, 1.807) is 19.2 Å². The molecule has 31 heavy (non-hydrogen) atoms. The van der Waals surface area contributed by atoms with Crippen molar-refractivity contribution in [2.75, 3.05) is 40.0 Å². The minimum absolute atomic E-state index is 0.110. The van der Waals surface area contributed by atoms with Crippen LogP contribution >= 0.6 is 0 Å². The SMILES string of the molecule is CCCOc1ccc(C(=O)NCC(c2ccc(OC)cc2)N2CCCC2)cc1OCC. The van der Waals surface area contributed by atoms with Gasteiger partial charge in [0.25, 0.3) is 5.91 Å². The van der Waals surface area contributed by atoms with E-state index in [0.717, 1.165) is 25.3 Å². The van der Waals surface area contributed by atoms with E-state index in [1.807, 2.05) is 25.1 Å². The Balaban J connectivity index is 1.71. The summed E-state index contributed by atoms with van der Waals surface area (Å²) in [5.41, 5.74) is 1.75. The highest BCUT2D eigenvalue weighted by molar-refractivity contribution is 5.94. The van der Waals surface area contributed by atoms with Gasteiger partial charge in [0, 0.05) is 12.1 Å². The second kappa shape index (κ2) is 11.6. The fourth-order valence-corrected chi connectivity index (χ4v) is 3.88. The third kappa shape index (κ3) is 6.14. The Morgan fingerprint density at radius 1 is 1.03 bits per heavy atom. The molecule has 1 N–H and O–H groups in total. The molecule has 1 saturated heterocycles. The first-order chi connectivity index (χ1) is 15.2. The first-order valence-corrected chi connectivity index (χ1v) is 11.2. The molecular weight excluding hydrogens is 392 g/mol. The summed E-state index contributed by atoms with van der Waals surface area (Å²) >= 11 is 0. The lowest BCUT2D eigenvalue weighted by Gasteiger charge is -2.28. The number of nitrogens with one attached hydrogen (secondary N) is 1. The predicted octanol–water partition coefficient (Wildman–Crippen LogP) is 4.45. The molecule has 0 saturated carbocycles. The van der Waals surface area contributed by atoms with Crippen molar-refractivity contribution in [3.8, 4) is 17.2 Å². The second-order valence-corrected chi connectivity index (χ2v) is 7.69. The molecule has 1 aliphatic rings. The maximum atomic E-state index is 12.9. The van der Waals surface area contributed by atoms with Crippen molar-refractivity contribution < 1.29 is 19.0 Å². The maximum absolute atomic E-state index is 12.9. The van der Waals surface area contributed by atoms with Gasteiger partial charge in [0.05, 0.1) is 26.4 Å². The summed E-state index contributed by atoms with van der Waals surface area (Å²) in [6.07, 6.45) is 3.30. The van der Waals surface area contributed by atoms with E-state index < -0.39 is 0 Å². The van der Waals surface area contributed by atoms with Gasteiger partial charge < -0.3 is 19.5 Å². The lowest BCUT2D eigenvalue weighted by atomic mass is 10.0. The summed E-state index contributed by atoms with van der Waals surface area (Å²) < 4.78 is 16.7. The van der Waals surface area contributed by atoms with Gasteiger partial charge in [-0.2, -0.15) is 0 Å². The molecule has 2 aromatic carbocycles. The zero-order chi connectivity index (χ0) is 22.1. The molecule has 3 rings (SSSR count). The van der Waals surface area contributed by atoms with Crippen LogP contribution in [0, 0.1) is 0 Å².